The van der Waals surface area contributed by atoms with E-state index in [2.05, 4.69) is 22.7 Å². The molecular weight excluding hydrogens is 406 g/mol. The fourth-order valence-corrected chi connectivity index (χ4v) is 3.65. The van der Waals surface area contributed by atoms with Gasteiger partial charge in [-0.15, -0.1) is 0 Å². The van der Waals surface area contributed by atoms with Crippen LogP contribution < -0.4 is 10.6 Å². The molecule has 3 rings (SSSR count). The number of carbonyl (C=O) groups excluding carboxylic acids is 1. The van der Waals surface area contributed by atoms with Gasteiger partial charge in [-0.3, -0.25) is 14.9 Å². The maximum Gasteiger partial charge on any atom is 0.269 e. The van der Waals surface area contributed by atoms with Gasteiger partial charge in [-0.25, -0.2) is 0 Å². The number of hydrogen-bond acceptors (Lipinski definition) is 6. The van der Waals surface area contributed by atoms with E-state index >= 15 is 0 Å². The molecule has 0 saturated carbocycles. The van der Waals surface area contributed by atoms with Gasteiger partial charge in [-0.05, 0) is 50.2 Å². The number of benzene rings is 1. The van der Waals surface area contributed by atoms with Crippen LogP contribution in [0.1, 0.15) is 44.1 Å². The van der Waals surface area contributed by atoms with Crippen molar-refractivity contribution in [2.24, 2.45) is 0 Å². The summed E-state index contributed by atoms with van der Waals surface area (Å²) in [5.74, 6) is 0.546. The number of thiocarbonyl (C=S) groups is 1. The van der Waals surface area contributed by atoms with E-state index < -0.39 is 11.0 Å². The lowest BCUT2D eigenvalue weighted by Crippen LogP contribution is -2.48. The van der Waals surface area contributed by atoms with Crippen LogP contribution in [0.5, 0.6) is 0 Å². The van der Waals surface area contributed by atoms with Crippen molar-refractivity contribution in [3.8, 4) is 0 Å². The normalized spacial score (nSPS) is 16.4. The number of aryl methyl sites for hydroxylation is 1. The second-order valence-corrected chi connectivity index (χ2v) is 7.40. The quantitative estimate of drug-likeness (QED) is 0.388. The van der Waals surface area contributed by atoms with Gasteiger partial charge >= 0.3 is 0 Å². The molecular formula is C20H23N5O4S. The number of rotatable bonds is 7. The third-order valence-electron chi connectivity index (χ3n) is 4.88. The largest absolute Gasteiger partial charge is 0.360 e. The van der Waals surface area contributed by atoms with Gasteiger partial charge in [0.25, 0.3) is 11.6 Å². The van der Waals surface area contributed by atoms with Crippen LogP contribution in [0.25, 0.3) is 0 Å². The number of nitro groups is 1. The van der Waals surface area contributed by atoms with Crippen molar-refractivity contribution in [1.29, 1.82) is 0 Å². The van der Waals surface area contributed by atoms with E-state index in [4.69, 9.17) is 16.7 Å². The molecule has 0 radical (unpaired) electrons. The number of amides is 1. The zero-order chi connectivity index (χ0) is 21.8. The second kappa shape index (κ2) is 9.04. The molecule has 1 atom stereocenters. The topological polar surface area (TPSA) is 114 Å². The van der Waals surface area contributed by atoms with Gasteiger partial charge in [0.15, 0.2) is 10.9 Å². The lowest BCUT2D eigenvalue weighted by Gasteiger charge is -2.37. The Hall–Kier alpha value is -3.27. The number of nitrogens with one attached hydrogen (secondary N) is 2. The molecule has 1 aromatic heterocycles. The summed E-state index contributed by atoms with van der Waals surface area (Å²) in [6.07, 6.45) is 1.90. The predicted octanol–water partition coefficient (Wildman–Crippen LogP) is 3.84. The van der Waals surface area contributed by atoms with Crippen molar-refractivity contribution in [3.63, 3.8) is 0 Å². The van der Waals surface area contributed by atoms with Crippen LogP contribution in [0.3, 0.4) is 0 Å². The van der Waals surface area contributed by atoms with Crippen LogP contribution in [0, 0.1) is 17.0 Å². The van der Waals surface area contributed by atoms with Crippen LogP contribution in [0.2, 0.25) is 0 Å². The molecule has 0 aliphatic carbocycles. The summed E-state index contributed by atoms with van der Waals surface area (Å²) in [5, 5.41) is 21.3. The number of carbonyl (C=O) groups is 1. The number of non-ortho nitro benzene ring substituents is 1. The molecule has 0 saturated heterocycles. The highest BCUT2D eigenvalue weighted by atomic mass is 32.1. The molecule has 1 amide bonds. The first-order valence-corrected chi connectivity index (χ1v) is 10.0. The molecule has 10 heteroatoms. The first kappa shape index (κ1) is 21.4. The van der Waals surface area contributed by atoms with Gasteiger partial charge in [-0.2, -0.15) is 0 Å². The van der Waals surface area contributed by atoms with Gasteiger partial charge in [0, 0.05) is 30.4 Å². The van der Waals surface area contributed by atoms with E-state index in [-0.39, 0.29) is 11.6 Å². The second-order valence-electron chi connectivity index (χ2n) is 7.01. The highest BCUT2D eigenvalue weighted by molar-refractivity contribution is 7.80. The summed E-state index contributed by atoms with van der Waals surface area (Å²) in [6, 6.07) is 7.15. The number of unbranched alkanes of at least 4 members (excludes halogenated alkanes) is 1. The van der Waals surface area contributed by atoms with Crippen molar-refractivity contribution in [2.75, 3.05) is 11.9 Å². The van der Waals surface area contributed by atoms with Crippen LogP contribution >= 0.6 is 12.2 Å². The maximum atomic E-state index is 13.2. The molecule has 9 nitrogen and oxygen atoms in total. The molecule has 1 aliphatic heterocycles. The van der Waals surface area contributed by atoms with E-state index in [1.165, 1.54) is 12.1 Å². The van der Waals surface area contributed by atoms with Crippen LogP contribution in [-0.2, 0) is 4.79 Å². The zero-order valence-electron chi connectivity index (χ0n) is 17.0. The monoisotopic (exact) mass is 429 g/mol. The molecule has 30 heavy (non-hydrogen) atoms. The summed E-state index contributed by atoms with van der Waals surface area (Å²) in [7, 11) is 0. The van der Waals surface area contributed by atoms with Crippen molar-refractivity contribution in [1.82, 2.24) is 15.4 Å². The number of aromatic nitrogens is 1. The van der Waals surface area contributed by atoms with Gasteiger partial charge < -0.3 is 20.1 Å². The smallest absolute Gasteiger partial charge is 0.269 e. The average Bonchev–Trinajstić information content (AvgIpc) is 3.11. The summed E-state index contributed by atoms with van der Waals surface area (Å²) in [6.45, 7) is 6.35. The number of anilines is 1. The van der Waals surface area contributed by atoms with E-state index in [0.29, 0.717) is 34.4 Å². The number of hydrogen-bond donors (Lipinski definition) is 2. The van der Waals surface area contributed by atoms with Gasteiger partial charge in [0.1, 0.15) is 5.76 Å². The first-order chi connectivity index (χ1) is 14.3. The average molecular weight is 430 g/mol. The molecule has 0 bridgehead atoms. The molecule has 2 aromatic rings. The van der Waals surface area contributed by atoms with E-state index in [9.17, 15) is 14.9 Å². The highest BCUT2D eigenvalue weighted by Crippen LogP contribution is 2.32. The summed E-state index contributed by atoms with van der Waals surface area (Å²) < 4.78 is 5.03. The third-order valence-corrected chi connectivity index (χ3v) is 5.22. The first-order valence-electron chi connectivity index (χ1n) is 9.59. The Labute approximate surface area is 179 Å². The molecule has 0 spiro atoms. The van der Waals surface area contributed by atoms with Crippen molar-refractivity contribution < 1.29 is 14.2 Å². The molecule has 158 valence electrons. The minimum atomic E-state index is -0.552. The molecule has 2 heterocycles. The summed E-state index contributed by atoms with van der Waals surface area (Å²) >= 11 is 5.55. The fraction of sp³-hybridized carbons (Fsp3) is 0.350. The lowest BCUT2D eigenvalue weighted by atomic mass is 9.94. The van der Waals surface area contributed by atoms with Gasteiger partial charge in [0.2, 0.25) is 0 Å². The maximum absolute atomic E-state index is 13.2. The zero-order valence-corrected chi connectivity index (χ0v) is 17.8. The molecule has 0 fully saturated rings. The highest BCUT2D eigenvalue weighted by Gasteiger charge is 2.34. The Kier molecular flexibility index (Phi) is 6.46. The summed E-state index contributed by atoms with van der Waals surface area (Å²) in [5.41, 5.74) is 1.87. The SMILES string of the molecule is CCCCN1C(=S)N[C@H](c2ccc([N+](=O)[O-])cc2)C(C(=O)Nc2cc(C)on2)=C1C. The van der Waals surface area contributed by atoms with E-state index in [0.717, 1.165) is 18.5 Å². The Morgan fingerprint density at radius 3 is 2.63 bits per heavy atom. The minimum Gasteiger partial charge on any atom is -0.360 e. The standard InChI is InChI=1S/C20H23N5O4S/c1-4-5-10-24-13(3)17(19(26)21-16-11-12(2)29-23-16)18(22-20(24)30)14-6-8-15(9-7-14)25(27)28/h6-9,11,18H,4-5,10H2,1-3H3,(H,22,30)(H,21,23,26)/t18-/m1/s1. The fourth-order valence-electron chi connectivity index (χ4n) is 3.31. The third kappa shape index (κ3) is 4.48. The Morgan fingerprint density at radius 1 is 1.37 bits per heavy atom. The van der Waals surface area contributed by atoms with Crippen LogP contribution in [0.4, 0.5) is 11.5 Å². The number of nitrogens with zero attached hydrogens (tertiary/aromatic N) is 3. The van der Waals surface area contributed by atoms with Crippen LogP contribution in [0.15, 0.2) is 46.1 Å². The molecule has 0 unspecified atom stereocenters. The predicted molar refractivity (Wildman–Crippen MR) is 116 cm³/mol. The van der Waals surface area contributed by atoms with Crippen molar-refractivity contribution >= 4 is 34.7 Å². The molecule has 1 aliphatic rings. The number of allylic oxidation sites excluding steroid dienone is 1. The Balaban J connectivity index is 2.00. The van der Waals surface area contributed by atoms with Gasteiger partial charge in [0.05, 0.1) is 16.5 Å². The summed E-state index contributed by atoms with van der Waals surface area (Å²) in [4.78, 5) is 25.6. The Bertz CT molecular complexity index is 999. The van der Waals surface area contributed by atoms with E-state index in [1.807, 2.05) is 11.8 Å². The minimum absolute atomic E-state index is 0.0218. The molecule has 1 aromatic carbocycles. The Morgan fingerprint density at radius 2 is 2.07 bits per heavy atom. The molecule has 2 N–H and O–H groups in total. The van der Waals surface area contributed by atoms with Crippen molar-refractivity contribution in [2.45, 2.75) is 39.7 Å². The van der Waals surface area contributed by atoms with Crippen LogP contribution in [-0.4, -0.2) is 32.5 Å². The van der Waals surface area contributed by atoms with E-state index in [1.54, 1.807) is 25.1 Å². The number of nitro benzene ring substituents is 1. The van der Waals surface area contributed by atoms with Gasteiger partial charge in [-0.1, -0.05) is 18.5 Å². The van der Waals surface area contributed by atoms with Crippen molar-refractivity contribution in [3.05, 3.63) is 63.0 Å². The lowest BCUT2D eigenvalue weighted by molar-refractivity contribution is -0.384.